The third kappa shape index (κ3) is 5.23. The number of aryl methyl sites for hydroxylation is 1. The van der Waals surface area contributed by atoms with Gasteiger partial charge in [-0.05, 0) is 13.8 Å². The summed E-state index contributed by atoms with van der Waals surface area (Å²) >= 11 is 1.06. The maximum absolute atomic E-state index is 11.4. The first-order valence-corrected chi connectivity index (χ1v) is 6.65. The number of rotatable bonds is 7. The molecule has 0 spiro atoms. The zero-order valence-electron chi connectivity index (χ0n) is 10.9. The van der Waals surface area contributed by atoms with Crippen molar-refractivity contribution in [2.24, 2.45) is 0 Å². The third-order valence-corrected chi connectivity index (χ3v) is 3.32. The largest absolute Gasteiger partial charge is 0.477 e. The molecule has 0 saturated heterocycles. The number of nitrogens with one attached hydrogen (secondary N) is 2. The van der Waals surface area contributed by atoms with Crippen LogP contribution in [0, 0.1) is 6.92 Å². The summed E-state index contributed by atoms with van der Waals surface area (Å²) in [5.41, 5.74) is 0.464. The molecule has 3 N–H and O–H groups in total. The molecule has 0 aromatic carbocycles. The monoisotopic (exact) mass is 287 g/mol. The van der Waals surface area contributed by atoms with Crippen LogP contribution in [0.5, 0.6) is 0 Å². The average molecular weight is 287 g/mol. The molecule has 0 saturated carbocycles. The van der Waals surface area contributed by atoms with E-state index in [2.05, 4.69) is 15.6 Å². The summed E-state index contributed by atoms with van der Waals surface area (Å²) in [7, 11) is 0. The Morgan fingerprint density at radius 3 is 2.74 bits per heavy atom. The molecular formula is C11H17N3O4S. The summed E-state index contributed by atoms with van der Waals surface area (Å²) < 4.78 is 5.07. The Labute approximate surface area is 115 Å². The van der Waals surface area contributed by atoms with E-state index in [9.17, 15) is 9.59 Å². The van der Waals surface area contributed by atoms with E-state index in [0.717, 1.165) is 11.3 Å². The molecule has 1 rings (SSSR count). The number of carbonyl (C=O) groups is 2. The predicted molar refractivity (Wildman–Crippen MR) is 70.5 cm³/mol. The molecule has 1 aromatic rings. The topological polar surface area (TPSA) is 101 Å². The number of aromatic carboxylic acids is 1. The molecule has 0 aliphatic rings. The van der Waals surface area contributed by atoms with Crippen molar-refractivity contribution in [1.82, 2.24) is 15.6 Å². The van der Waals surface area contributed by atoms with Crippen LogP contribution in [0.4, 0.5) is 4.79 Å². The van der Waals surface area contributed by atoms with E-state index in [1.165, 1.54) is 0 Å². The maximum atomic E-state index is 11.4. The molecule has 0 aliphatic carbocycles. The summed E-state index contributed by atoms with van der Waals surface area (Å²) in [6, 6.07) is -0.329. The molecule has 7 nitrogen and oxygen atoms in total. The second-order valence-corrected chi connectivity index (χ2v) is 4.72. The minimum atomic E-state index is -0.998. The van der Waals surface area contributed by atoms with Gasteiger partial charge in [0.25, 0.3) is 0 Å². The van der Waals surface area contributed by atoms with Gasteiger partial charge in [0.2, 0.25) is 0 Å². The lowest BCUT2D eigenvalue weighted by Gasteiger charge is -2.05. The summed E-state index contributed by atoms with van der Waals surface area (Å²) in [6.07, 6.45) is 0. The number of aromatic nitrogens is 1. The van der Waals surface area contributed by atoms with Crippen molar-refractivity contribution in [3.63, 3.8) is 0 Å². The smallest absolute Gasteiger partial charge is 0.347 e. The number of hydrogen-bond donors (Lipinski definition) is 3. The molecule has 0 fully saturated rings. The number of thiazole rings is 1. The number of carboxylic acids is 1. The number of ether oxygens (including phenoxy) is 1. The Hall–Kier alpha value is -1.67. The van der Waals surface area contributed by atoms with Crippen LogP contribution in [0.3, 0.4) is 0 Å². The van der Waals surface area contributed by atoms with Gasteiger partial charge in [-0.1, -0.05) is 0 Å². The Morgan fingerprint density at radius 2 is 2.16 bits per heavy atom. The first-order valence-electron chi connectivity index (χ1n) is 5.83. The van der Waals surface area contributed by atoms with Gasteiger partial charge >= 0.3 is 12.0 Å². The molecule has 0 radical (unpaired) electrons. The van der Waals surface area contributed by atoms with Crippen molar-refractivity contribution in [3.8, 4) is 0 Å². The van der Waals surface area contributed by atoms with Gasteiger partial charge < -0.3 is 20.5 Å². The molecule has 2 amide bonds. The van der Waals surface area contributed by atoms with Crippen LogP contribution in [-0.4, -0.2) is 41.8 Å². The van der Waals surface area contributed by atoms with E-state index in [0.29, 0.717) is 30.5 Å². The summed E-state index contributed by atoms with van der Waals surface area (Å²) in [6.45, 7) is 5.22. The third-order valence-electron chi connectivity index (χ3n) is 2.17. The van der Waals surface area contributed by atoms with Crippen LogP contribution in [0.1, 0.15) is 27.3 Å². The van der Waals surface area contributed by atoms with Gasteiger partial charge in [-0.15, -0.1) is 11.3 Å². The highest BCUT2D eigenvalue weighted by Gasteiger charge is 2.14. The van der Waals surface area contributed by atoms with Gasteiger partial charge in [-0.2, -0.15) is 0 Å². The summed E-state index contributed by atoms with van der Waals surface area (Å²) in [5, 5.41) is 14.7. The van der Waals surface area contributed by atoms with E-state index >= 15 is 0 Å². The Bertz CT molecular complexity index is 447. The molecule has 19 heavy (non-hydrogen) atoms. The van der Waals surface area contributed by atoms with Crippen molar-refractivity contribution in [2.75, 3.05) is 19.8 Å². The van der Waals surface area contributed by atoms with Gasteiger partial charge in [-0.25, -0.2) is 14.6 Å². The van der Waals surface area contributed by atoms with Crippen molar-refractivity contribution in [3.05, 3.63) is 15.6 Å². The Balaban J connectivity index is 2.34. The number of amides is 2. The molecule has 1 heterocycles. The van der Waals surface area contributed by atoms with Gasteiger partial charge in [0.1, 0.15) is 9.88 Å². The van der Waals surface area contributed by atoms with E-state index in [1.807, 2.05) is 6.92 Å². The maximum Gasteiger partial charge on any atom is 0.347 e. The van der Waals surface area contributed by atoms with Crippen molar-refractivity contribution >= 4 is 23.3 Å². The molecule has 106 valence electrons. The van der Waals surface area contributed by atoms with E-state index < -0.39 is 5.97 Å². The van der Waals surface area contributed by atoms with Crippen molar-refractivity contribution in [1.29, 1.82) is 0 Å². The van der Waals surface area contributed by atoms with E-state index in [4.69, 9.17) is 9.84 Å². The van der Waals surface area contributed by atoms with E-state index in [1.54, 1.807) is 6.92 Å². The molecule has 0 aliphatic heterocycles. The lowest BCUT2D eigenvalue weighted by molar-refractivity contribution is 0.0701. The number of carbonyl (C=O) groups excluding carboxylic acids is 1. The average Bonchev–Trinajstić information content (AvgIpc) is 2.74. The standard InChI is InChI=1S/C11H17N3O4S/c1-3-18-5-4-12-11(17)13-6-8-14-7(2)9(19-8)10(15)16/h3-6H2,1-2H3,(H,15,16)(H2,12,13,17). The fourth-order valence-corrected chi connectivity index (χ4v) is 2.17. The molecule has 0 unspecified atom stereocenters. The number of urea groups is 1. The van der Waals surface area contributed by atoms with Crippen molar-refractivity contribution in [2.45, 2.75) is 20.4 Å². The second-order valence-electron chi connectivity index (χ2n) is 3.63. The highest BCUT2D eigenvalue weighted by Crippen LogP contribution is 2.17. The first-order chi connectivity index (χ1) is 9.04. The lowest BCUT2D eigenvalue weighted by Crippen LogP contribution is -2.36. The van der Waals surface area contributed by atoms with Crippen LogP contribution in [-0.2, 0) is 11.3 Å². The first kappa shape index (κ1) is 15.4. The van der Waals surface area contributed by atoms with Crippen LogP contribution >= 0.6 is 11.3 Å². The van der Waals surface area contributed by atoms with Crippen LogP contribution in [0.25, 0.3) is 0 Å². The highest BCUT2D eigenvalue weighted by atomic mass is 32.1. The zero-order chi connectivity index (χ0) is 14.3. The molecule has 8 heteroatoms. The molecule has 0 atom stereocenters. The Morgan fingerprint density at radius 1 is 1.42 bits per heavy atom. The van der Waals surface area contributed by atoms with Gasteiger partial charge in [0, 0.05) is 13.2 Å². The SMILES string of the molecule is CCOCCNC(=O)NCc1nc(C)c(C(=O)O)s1. The van der Waals surface area contributed by atoms with E-state index in [-0.39, 0.29) is 17.5 Å². The van der Waals surface area contributed by atoms with Gasteiger partial charge in [-0.3, -0.25) is 0 Å². The number of carboxylic acid groups (broad SMARTS) is 1. The van der Waals surface area contributed by atoms with Gasteiger partial charge in [0.05, 0.1) is 18.8 Å². The molecular weight excluding hydrogens is 270 g/mol. The quantitative estimate of drug-likeness (QED) is 0.649. The van der Waals surface area contributed by atoms with Crippen LogP contribution in [0.2, 0.25) is 0 Å². The zero-order valence-corrected chi connectivity index (χ0v) is 11.7. The Kier molecular flexibility index (Phi) is 6.23. The molecule has 0 bridgehead atoms. The lowest BCUT2D eigenvalue weighted by atomic mass is 10.4. The van der Waals surface area contributed by atoms with Crippen molar-refractivity contribution < 1.29 is 19.4 Å². The minimum Gasteiger partial charge on any atom is -0.477 e. The minimum absolute atomic E-state index is 0.202. The van der Waals surface area contributed by atoms with Crippen LogP contribution in [0.15, 0.2) is 0 Å². The summed E-state index contributed by atoms with van der Waals surface area (Å²) in [5.74, 6) is -0.998. The number of nitrogens with zero attached hydrogens (tertiary/aromatic N) is 1. The fourth-order valence-electron chi connectivity index (χ4n) is 1.33. The fraction of sp³-hybridized carbons (Fsp3) is 0.545. The summed E-state index contributed by atoms with van der Waals surface area (Å²) in [4.78, 5) is 26.5. The molecule has 1 aromatic heterocycles. The second kappa shape index (κ2) is 7.70. The number of hydrogen-bond acceptors (Lipinski definition) is 5. The predicted octanol–water partition coefficient (Wildman–Crippen LogP) is 0.985. The van der Waals surface area contributed by atoms with Crippen LogP contribution < -0.4 is 10.6 Å². The van der Waals surface area contributed by atoms with Gasteiger partial charge in [0.15, 0.2) is 0 Å². The normalized spacial score (nSPS) is 10.2. The highest BCUT2D eigenvalue weighted by molar-refractivity contribution is 7.13.